The highest BCUT2D eigenvalue weighted by molar-refractivity contribution is 8.00. The van der Waals surface area contributed by atoms with E-state index >= 15 is 0 Å². The second kappa shape index (κ2) is 12.2. The molecule has 0 radical (unpaired) electrons. The Labute approximate surface area is 251 Å². The molecule has 0 spiro atoms. The molecule has 216 valence electrons. The molecule has 0 saturated carbocycles. The van der Waals surface area contributed by atoms with Crippen LogP contribution in [0.3, 0.4) is 0 Å². The van der Waals surface area contributed by atoms with Crippen molar-refractivity contribution in [1.82, 2.24) is 9.13 Å². The maximum Gasteiger partial charge on any atom is 0.333 e. The predicted molar refractivity (Wildman–Crippen MR) is 168 cm³/mol. The van der Waals surface area contributed by atoms with Crippen LogP contribution in [0.5, 0.6) is 5.88 Å². The van der Waals surface area contributed by atoms with E-state index in [0.717, 1.165) is 40.9 Å². The number of hydrogen-bond donors (Lipinski definition) is 1. The van der Waals surface area contributed by atoms with E-state index in [1.54, 1.807) is 6.08 Å². The topological polar surface area (TPSA) is 101 Å². The minimum Gasteiger partial charge on any atom is -0.494 e. The largest absolute Gasteiger partial charge is 0.494 e. The number of unbranched alkanes of at least 4 members (excludes halogenated alkanes) is 1. The Morgan fingerprint density at radius 3 is 2.76 bits per heavy atom. The quantitative estimate of drug-likeness (QED) is 0.267. The SMILES string of the molecule is CCCCC1CCCc2cc(N=NC3N=c4s/c(=C/c5c(O)n(C)c(=O)n(Cc6ccccc6)c5=O)cc4S3)ccc21. The molecule has 1 N–H and O–H groups in total. The summed E-state index contributed by atoms with van der Waals surface area (Å²) in [5.41, 5.74) is 3.18. The number of rotatable bonds is 8. The fourth-order valence-electron chi connectivity index (χ4n) is 5.70. The van der Waals surface area contributed by atoms with Gasteiger partial charge in [-0.25, -0.2) is 9.79 Å². The summed E-state index contributed by atoms with van der Waals surface area (Å²) in [6.45, 7) is 2.37. The van der Waals surface area contributed by atoms with Crippen molar-refractivity contribution in [2.24, 2.45) is 22.3 Å². The Kier molecular flexibility index (Phi) is 8.26. The summed E-state index contributed by atoms with van der Waals surface area (Å²) in [5, 5.41) is 19.7. The minimum absolute atomic E-state index is 0.0681. The molecule has 2 aromatic carbocycles. The van der Waals surface area contributed by atoms with Gasteiger partial charge >= 0.3 is 5.69 Å². The van der Waals surface area contributed by atoms with Crippen molar-refractivity contribution < 1.29 is 5.11 Å². The number of benzene rings is 2. The zero-order valence-corrected chi connectivity index (χ0v) is 25.3. The number of aryl methyl sites for hydroxylation is 1. The van der Waals surface area contributed by atoms with Gasteiger partial charge in [0.2, 0.25) is 11.4 Å². The number of fused-ring (bicyclic) bond motifs is 2. The molecule has 0 bridgehead atoms. The zero-order valence-electron chi connectivity index (χ0n) is 23.7. The Balaban J connectivity index is 1.23. The maximum absolute atomic E-state index is 13.3. The number of nitrogens with zero attached hydrogens (tertiary/aromatic N) is 5. The second-order valence-corrected chi connectivity index (χ2v) is 13.0. The molecule has 10 heteroatoms. The van der Waals surface area contributed by atoms with Crippen LogP contribution in [-0.2, 0) is 20.0 Å². The lowest BCUT2D eigenvalue weighted by Gasteiger charge is -2.25. The number of thiophene rings is 1. The average Bonchev–Trinajstić information content (AvgIpc) is 3.57. The van der Waals surface area contributed by atoms with Gasteiger partial charge < -0.3 is 5.11 Å². The van der Waals surface area contributed by atoms with E-state index in [2.05, 4.69) is 35.4 Å². The fraction of sp³-hybridized carbons (Fsp3) is 0.344. The van der Waals surface area contributed by atoms with Crippen molar-refractivity contribution in [3.63, 3.8) is 0 Å². The summed E-state index contributed by atoms with van der Waals surface area (Å²) in [4.78, 5) is 31.7. The summed E-state index contributed by atoms with van der Waals surface area (Å²) in [6, 6.07) is 17.7. The number of thioether (sulfide) groups is 1. The fourth-order valence-corrected chi connectivity index (χ4v) is 7.83. The molecule has 0 amide bonds. The summed E-state index contributed by atoms with van der Waals surface area (Å²) >= 11 is 2.92. The first-order valence-electron chi connectivity index (χ1n) is 14.4. The first kappa shape index (κ1) is 28.4. The monoisotopic (exact) mass is 599 g/mol. The molecule has 1 aliphatic carbocycles. The molecule has 1 aliphatic heterocycles. The first-order chi connectivity index (χ1) is 20.4. The van der Waals surface area contributed by atoms with Crippen molar-refractivity contribution in [2.75, 3.05) is 0 Å². The van der Waals surface area contributed by atoms with E-state index < -0.39 is 11.2 Å². The van der Waals surface area contributed by atoms with Gasteiger partial charge in [-0.1, -0.05) is 67.9 Å². The Hall–Kier alpha value is -3.76. The smallest absolute Gasteiger partial charge is 0.333 e. The van der Waals surface area contributed by atoms with E-state index in [1.165, 1.54) is 73.4 Å². The number of aromatic nitrogens is 2. The lowest BCUT2D eigenvalue weighted by molar-refractivity contribution is 0.408. The second-order valence-electron chi connectivity index (χ2n) is 10.8. The molecular formula is C32H33N5O3S2. The van der Waals surface area contributed by atoms with E-state index in [4.69, 9.17) is 4.99 Å². The summed E-state index contributed by atoms with van der Waals surface area (Å²) < 4.78 is 3.81. The molecule has 2 aliphatic rings. The van der Waals surface area contributed by atoms with Gasteiger partial charge in [-0.3, -0.25) is 13.9 Å². The molecular weight excluding hydrogens is 567 g/mol. The normalized spacial score (nSPS) is 18.3. The van der Waals surface area contributed by atoms with Gasteiger partial charge in [0.05, 0.1) is 12.2 Å². The Morgan fingerprint density at radius 1 is 1.14 bits per heavy atom. The van der Waals surface area contributed by atoms with Crippen LogP contribution < -0.4 is 20.5 Å². The highest BCUT2D eigenvalue weighted by Gasteiger charge is 2.22. The molecule has 2 aromatic heterocycles. The lowest BCUT2D eigenvalue weighted by atomic mass is 9.80. The van der Waals surface area contributed by atoms with Gasteiger partial charge in [0.1, 0.15) is 10.2 Å². The highest BCUT2D eigenvalue weighted by atomic mass is 32.2. The summed E-state index contributed by atoms with van der Waals surface area (Å²) in [6.07, 6.45) is 8.99. The molecule has 4 aromatic rings. The average molecular weight is 600 g/mol. The van der Waals surface area contributed by atoms with E-state index in [9.17, 15) is 14.7 Å². The molecule has 0 fully saturated rings. The van der Waals surface area contributed by atoms with Crippen LogP contribution >= 0.6 is 23.1 Å². The summed E-state index contributed by atoms with van der Waals surface area (Å²) in [5.74, 6) is 0.303. The molecule has 0 saturated heterocycles. The number of hydrogen-bond acceptors (Lipinski definition) is 8. The molecule has 3 heterocycles. The highest BCUT2D eigenvalue weighted by Crippen LogP contribution is 2.37. The lowest BCUT2D eigenvalue weighted by Crippen LogP contribution is -2.40. The molecule has 8 nitrogen and oxygen atoms in total. The van der Waals surface area contributed by atoms with Crippen LogP contribution in [0.25, 0.3) is 6.08 Å². The molecule has 2 atom stereocenters. The zero-order chi connectivity index (χ0) is 29.2. The van der Waals surface area contributed by atoms with Crippen LogP contribution in [0.1, 0.15) is 67.2 Å². The van der Waals surface area contributed by atoms with Crippen molar-refractivity contribution in [3.05, 3.63) is 107 Å². The van der Waals surface area contributed by atoms with Gasteiger partial charge in [-0.15, -0.1) is 16.5 Å². The van der Waals surface area contributed by atoms with Crippen molar-refractivity contribution >= 4 is 34.9 Å². The summed E-state index contributed by atoms with van der Waals surface area (Å²) in [7, 11) is 1.46. The maximum atomic E-state index is 13.3. The van der Waals surface area contributed by atoms with Crippen LogP contribution in [0.4, 0.5) is 5.69 Å². The molecule has 6 rings (SSSR count). The first-order valence-corrected chi connectivity index (χ1v) is 16.1. The predicted octanol–water partition coefficient (Wildman–Crippen LogP) is 5.59. The van der Waals surface area contributed by atoms with E-state index in [0.29, 0.717) is 5.92 Å². The van der Waals surface area contributed by atoms with Crippen LogP contribution in [-0.4, -0.2) is 19.7 Å². The van der Waals surface area contributed by atoms with Crippen LogP contribution in [0.15, 0.2) is 84.3 Å². The van der Waals surface area contributed by atoms with Gasteiger partial charge in [0.25, 0.3) is 5.56 Å². The van der Waals surface area contributed by atoms with E-state index in [-0.39, 0.29) is 23.5 Å². The van der Waals surface area contributed by atoms with Crippen LogP contribution in [0, 0.1) is 0 Å². The van der Waals surface area contributed by atoms with Crippen molar-refractivity contribution in [3.8, 4) is 5.88 Å². The number of azo groups is 1. The Bertz CT molecular complexity index is 1890. The van der Waals surface area contributed by atoms with Gasteiger partial charge in [0, 0.05) is 16.5 Å². The Morgan fingerprint density at radius 2 is 1.98 bits per heavy atom. The molecule has 42 heavy (non-hydrogen) atoms. The molecule has 2 unspecified atom stereocenters. The van der Waals surface area contributed by atoms with Gasteiger partial charge in [-0.2, -0.15) is 5.11 Å². The van der Waals surface area contributed by atoms with Crippen LogP contribution in [0.2, 0.25) is 0 Å². The van der Waals surface area contributed by atoms with Gasteiger partial charge in [0.15, 0.2) is 0 Å². The van der Waals surface area contributed by atoms with E-state index in [1.807, 2.05) is 36.4 Å². The van der Waals surface area contributed by atoms with Gasteiger partial charge in [-0.05, 0) is 72.6 Å². The van der Waals surface area contributed by atoms with Crippen molar-refractivity contribution in [1.29, 1.82) is 0 Å². The minimum atomic E-state index is -0.568. The third kappa shape index (κ3) is 5.78. The third-order valence-electron chi connectivity index (χ3n) is 7.92. The van der Waals surface area contributed by atoms with Crippen molar-refractivity contribution in [2.45, 2.75) is 68.3 Å². The number of aromatic hydroxyl groups is 1. The standard InChI is InChI=1S/C32H33N5O3S2/c1-3-4-11-21-12-8-13-22-16-23(14-15-25(21)22)34-35-31-33-28-27(42-31)18-24(41-28)17-26-29(38)36(2)32(40)37(30(26)39)19-20-9-6-5-7-10-20/h5-7,9-10,14-18,21,31,38H,3-4,8,11-13,19H2,1-2H3/b24-17+,35-34?. The third-order valence-corrected chi connectivity index (χ3v) is 10.0.